The predicted molar refractivity (Wildman–Crippen MR) is 137 cm³/mol. The Morgan fingerprint density at radius 3 is 2.62 bits per heavy atom. The van der Waals surface area contributed by atoms with Crippen LogP contribution in [0.1, 0.15) is 36.7 Å². The predicted octanol–water partition coefficient (Wildman–Crippen LogP) is 5.87. The van der Waals surface area contributed by atoms with Crippen LogP contribution in [0.15, 0.2) is 74.5 Å². The van der Waals surface area contributed by atoms with E-state index < -0.39 is 0 Å². The van der Waals surface area contributed by atoms with E-state index in [1.807, 2.05) is 18.2 Å². The SMILES string of the molecule is C=COCc1ccc(C(=O)C=C)c2sc(C(=O)Nc3ccc4c(CO)cccc4n3)c(C=C)c12. The highest BCUT2D eigenvalue weighted by molar-refractivity contribution is 7.21. The second-order valence-electron chi connectivity index (χ2n) is 7.36. The number of aliphatic hydroxyl groups is 1. The summed E-state index contributed by atoms with van der Waals surface area (Å²) in [6.45, 7) is 11.2. The van der Waals surface area contributed by atoms with Gasteiger partial charge in [0.2, 0.25) is 0 Å². The third kappa shape index (κ3) is 4.14. The van der Waals surface area contributed by atoms with E-state index in [1.54, 1.807) is 30.3 Å². The number of ketones is 1. The zero-order valence-corrected chi connectivity index (χ0v) is 19.2. The van der Waals surface area contributed by atoms with Crippen molar-refractivity contribution in [2.24, 2.45) is 0 Å². The number of aromatic nitrogens is 1. The van der Waals surface area contributed by atoms with Crippen LogP contribution in [0.25, 0.3) is 27.1 Å². The monoisotopic (exact) mass is 470 g/mol. The first-order chi connectivity index (χ1) is 16.5. The minimum Gasteiger partial charge on any atom is -0.497 e. The Balaban J connectivity index is 1.80. The van der Waals surface area contributed by atoms with Crippen LogP contribution in [0.4, 0.5) is 5.82 Å². The van der Waals surface area contributed by atoms with Gasteiger partial charge in [-0.3, -0.25) is 9.59 Å². The fourth-order valence-corrected chi connectivity index (χ4v) is 5.10. The number of nitrogens with one attached hydrogen (secondary N) is 1. The molecule has 0 unspecified atom stereocenters. The molecule has 2 aromatic heterocycles. The topological polar surface area (TPSA) is 88.5 Å². The molecule has 6 nitrogen and oxygen atoms in total. The van der Waals surface area contributed by atoms with E-state index in [0.717, 1.165) is 21.9 Å². The lowest BCUT2D eigenvalue weighted by atomic mass is 10.00. The van der Waals surface area contributed by atoms with Crippen molar-refractivity contribution in [1.29, 1.82) is 0 Å². The van der Waals surface area contributed by atoms with Crippen molar-refractivity contribution >= 4 is 55.9 Å². The molecule has 2 heterocycles. The van der Waals surface area contributed by atoms with Crippen molar-refractivity contribution in [3.05, 3.63) is 102 Å². The van der Waals surface area contributed by atoms with Crippen LogP contribution in [0, 0.1) is 0 Å². The number of rotatable bonds is 9. The maximum Gasteiger partial charge on any atom is 0.267 e. The Morgan fingerprint density at radius 2 is 1.91 bits per heavy atom. The average Bonchev–Trinajstić information content (AvgIpc) is 3.26. The first-order valence-corrected chi connectivity index (χ1v) is 11.2. The number of ether oxygens (including phenoxy) is 1. The summed E-state index contributed by atoms with van der Waals surface area (Å²) in [6.07, 6.45) is 4.20. The molecule has 170 valence electrons. The molecule has 0 spiro atoms. The third-order valence-corrected chi connectivity index (χ3v) is 6.65. The molecule has 0 aliphatic rings. The fraction of sp³-hybridized carbons (Fsp3) is 0.0741. The van der Waals surface area contributed by atoms with Gasteiger partial charge in [-0.15, -0.1) is 11.3 Å². The summed E-state index contributed by atoms with van der Waals surface area (Å²) >= 11 is 1.21. The first-order valence-electron chi connectivity index (χ1n) is 10.4. The molecule has 34 heavy (non-hydrogen) atoms. The second-order valence-corrected chi connectivity index (χ2v) is 8.38. The Morgan fingerprint density at radius 1 is 1.09 bits per heavy atom. The van der Waals surface area contributed by atoms with Gasteiger partial charge >= 0.3 is 0 Å². The molecule has 0 bridgehead atoms. The molecular formula is C27H22N2O4S. The minimum absolute atomic E-state index is 0.0983. The molecule has 0 saturated heterocycles. The largest absolute Gasteiger partial charge is 0.497 e. The van der Waals surface area contributed by atoms with Crippen LogP contribution < -0.4 is 5.32 Å². The number of hydrogen-bond donors (Lipinski definition) is 2. The number of pyridine rings is 1. The summed E-state index contributed by atoms with van der Waals surface area (Å²) in [6, 6.07) is 12.5. The zero-order chi connectivity index (χ0) is 24.2. The van der Waals surface area contributed by atoms with Crippen LogP contribution in [0.5, 0.6) is 0 Å². The van der Waals surface area contributed by atoms with Gasteiger partial charge in [0.1, 0.15) is 17.3 Å². The highest BCUT2D eigenvalue weighted by Crippen LogP contribution is 2.38. The number of allylic oxidation sites excluding steroid dienone is 1. The van der Waals surface area contributed by atoms with Gasteiger partial charge in [-0.05, 0) is 41.5 Å². The van der Waals surface area contributed by atoms with Gasteiger partial charge in [-0.2, -0.15) is 0 Å². The number of carbonyl (C=O) groups excluding carboxylic acids is 2. The first kappa shape index (κ1) is 23.1. The van der Waals surface area contributed by atoms with Gasteiger partial charge in [-0.1, -0.05) is 44.0 Å². The molecule has 2 N–H and O–H groups in total. The molecule has 1 amide bonds. The molecule has 0 fully saturated rings. The summed E-state index contributed by atoms with van der Waals surface area (Å²) in [5, 5.41) is 13.9. The molecule has 0 atom stereocenters. The van der Waals surface area contributed by atoms with Gasteiger partial charge in [0, 0.05) is 26.6 Å². The highest BCUT2D eigenvalue weighted by atomic mass is 32.1. The summed E-state index contributed by atoms with van der Waals surface area (Å²) < 4.78 is 6.04. The molecule has 0 aliphatic carbocycles. The number of aliphatic hydroxyl groups excluding tert-OH is 1. The molecule has 0 saturated carbocycles. The summed E-state index contributed by atoms with van der Waals surface area (Å²) in [5.74, 6) is -0.229. The molecule has 2 aromatic carbocycles. The summed E-state index contributed by atoms with van der Waals surface area (Å²) in [5.41, 5.74) is 3.30. The Hall–Kier alpha value is -4.07. The molecule has 4 aromatic rings. The van der Waals surface area contributed by atoms with E-state index in [9.17, 15) is 14.7 Å². The van der Waals surface area contributed by atoms with Gasteiger partial charge in [0.05, 0.1) is 18.4 Å². The second kappa shape index (κ2) is 9.82. The van der Waals surface area contributed by atoms with Crippen LogP contribution in [-0.2, 0) is 18.0 Å². The van der Waals surface area contributed by atoms with Crippen LogP contribution in [0.3, 0.4) is 0 Å². The summed E-state index contributed by atoms with van der Waals surface area (Å²) in [4.78, 5) is 30.7. The third-order valence-electron chi connectivity index (χ3n) is 5.41. The minimum atomic E-state index is -0.367. The van der Waals surface area contributed by atoms with Gasteiger partial charge < -0.3 is 15.2 Å². The van der Waals surface area contributed by atoms with Crippen LogP contribution in [0.2, 0.25) is 0 Å². The molecule has 0 radical (unpaired) electrons. The van der Waals surface area contributed by atoms with Crippen LogP contribution in [-0.4, -0.2) is 21.8 Å². The van der Waals surface area contributed by atoms with E-state index in [0.29, 0.717) is 32.0 Å². The van der Waals surface area contributed by atoms with Crippen molar-refractivity contribution < 1.29 is 19.4 Å². The maximum atomic E-state index is 13.3. The lowest BCUT2D eigenvalue weighted by Gasteiger charge is -2.08. The van der Waals surface area contributed by atoms with Crippen molar-refractivity contribution in [3.8, 4) is 0 Å². The molecular weight excluding hydrogens is 448 g/mol. The number of fused-ring (bicyclic) bond motifs is 2. The average molecular weight is 471 g/mol. The standard InChI is InChI=1S/C27H22N2O4S/c1-4-18-24-17(15-33-6-3)10-11-20(22(31)5-2)25(24)34-26(18)27(32)29-23-13-12-19-16(14-30)8-7-9-21(19)28-23/h4-13,30H,1-3,14-15H2,(H,28,29,32). The Kier molecular flexibility index (Phi) is 6.67. The summed E-state index contributed by atoms with van der Waals surface area (Å²) in [7, 11) is 0. The van der Waals surface area contributed by atoms with E-state index in [4.69, 9.17) is 4.74 Å². The number of hydrogen-bond acceptors (Lipinski definition) is 6. The van der Waals surface area contributed by atoms with E-state index in [-0.39, 0.29) is 24.9 Å². The lowest BCUT2D eigenvalue weighted by Crippen LogP contribution is -2.12. The molecule has 7 heteroatoms. The Labute approximate surface area is 200 Å². The number of thiophene rings is 1. The van der Waals surface area contributed by atoms with E-state index >= 15 is 0 Å². The lowest BCUT2D eigenvalue weighted by molar-refractivity contribution is 0.102. The van der Waals surface area contributed by atoms with E-state index in [1.165, 1.54) is 23.7 Å². The number of anilines is 1. The van der Waals surface area contributed by atoms with Crippen molar-refractivity contribution in [3.63, 3.8) is 0 Å². The van der Waals surface area contributed by atoms with Gasteiger partial charge in [0.25, 0.3) is 5.91 Å². The van der Waals surface area contributed by atoms with E-state index in [2.05, 4.69) is 30.0 Å². The fourth-order valence-electron chi connectivity index (χ4n) is 3.83. The number of carbonyl (C=O) groups is 2. The highest BCUT2D eigenvalue weighted by Gasteiger charge is 2.23. The zero-order valence-electron chi connectivity index (χ0n) is 18.3. The van der Waals surface area contributed by atoms with Crippen molar-refractivity contribution in [2.45, 2.75) is 13.2 Å². The number of nitrogens with zero attached hydrogens (tertiary/aromatic N) is 1. The van der Waals surface area contributed by atoms with Crippen molar-refractivity contribution in [2.75, 3.05) is 5.32 Å². The molecule has 0 aliphatic heterocycles. The number of amides is 1. The quantitative estimate of drug-likeness (QED) is 0.182. The van der Waals surface area contributed by atoms with Gasteiger partial charge in [0.15, 0.2) is 5.78 Å². The maximum absolute atomic E-state index is 13.3. The van der Waals surface area contributed by atoms with Gasteiger partial charge in [-0.25, -0.2) is 4.98 Å². The Bertz CT molecular complexity index is 1470. The number of benzene rings is 2. The van der Waals surface area contributed by atoms with Crippen molar-refractivity contribution in [1.82, 2.24) is 4.98 Å². The smallest absolute Gasteiger partial charge is 0.267 e. The molecule has 4 rings (SSSR count). The normalized spacial score (nSPS) is 10.7. The van der Waals surface area contributed by atoms with Crippen LogP contribution >= 0.6 is 11.3 Å².